The molecule has 0 aliphatic rings. The van der Waals surface area contributed by atoms with Crippen LogP contribution in [0.25, 0.3) is 0 Å². The Morgan fingerprint density at radius 3 is 2.84 bits per heavy atom. The van der Waals surface area contributed by atoms with Crippen LogP contribution in [0.5, 0.6) is 0 Å². The van der Waals surface area contributed by atoms with Gasteiger partial charge in [-0.15, -0.1) is 0 Å². The molecule has 100 valence electrons. The van der Waals surface area contributed by atoms with Gasteiger partial charge in [-0.3, -0.25) is 0 Å². The highest BCUT2D eigenvalue weighted by Crippen LogP contribution is 2.22. The predicted octanol–water partition coefficient (Wildman–Crippen LogP) is 2.47. The molecule has 1 heterocycles. The zero-order valence-electron chi connectivity index (χ0n) is 10.9. The Morgan fingerprint density at radius 1 is 1.37 bits per heavy atom. The van der Waals surface area contributed by atoms with Gasteiger partial charge in [-0.2, -0.15) is 0 Å². The van der Waals surface area contributed by atoms with Crippen LogP contribution >= 0.6 is 15.9 Å². The normalized spacial score (nSPS) is 10.3. The van der Waals surface area contributed by atoms with E-state index in [4.69, 9.17) is 5.84 Å². The fraction of sp³-hybridized carbons (Fsp3) is 0.231. The van der Waals surface area contributed by atoms with Crippen LogP contribution in [0.3, 0.4) is 0 Å². The Hall–Kier alpha value is -1.66. The number of nitrogens with one attached hydrogen (secondary N) is 1. The topological polar surface area (TPSA) is 67.1 Å². The van der Waals surface area contributed by atoms with E-state index in [0.29, 0.717) is 5.82 Å². The molecule has 0 atom stereocenters. The summed E-state index contributed by atoms with van der Waals surface area (Å²) < 4.78 is 1.07. The van der Waals surface area contributed by atoms with E-state index in [1.165, 1.54) is 11.9 Å². The van der Waals surface area contributed by atoms with Gasteiger partial charge in [-0.1, -0.05) is 28.1 Å². The quantitative estimate of drug-likeness (QED) is 0.669. The Labute approximate surface area is 121 Å². The van der Waals surface area contributed by atoms with Gasteiger partial charge in [-0.05, 0) is 24.6 Å². The van der Waals surface area contributed by atoms with Gasteiger partial charge in [0, 0.05) is 23.6 Å². The van der Waals surface area contributed by atoms with Crippen LogP contribution in [0.15, 0.2) is 35.1 Å². The molecule has 3 N–H and O–H groups in total. The molecule has 1 aromatic heterocycles. The zero-order valence-corrected chi connectivity index (χ0v) is 12.5. The third kappa shape index (κ3) is 3.21. The van der Waals surface area contributed by atoms with Crippen molar-refractivity contribution in [3.63, 3.8) is 0 Å². The maximum absolute atomic E-state index is 5.43. The van der Waals surface area contributed by atoms with Crippen molar-refractivity contribution in [1.82, 2.24) is 9.97 Å². The molecule has 0 bridgehead atoms. The summed E-state index contributed by atoms with van der Waals surface area (Å²) in [5, 5.41) is 0. The van der Waals surface area contributed by atoms with E-state index in [0.717, 1.165) is 22.4 Å². The summed E-state index contributed by atoms with van der Waals surface area (Å²) in [7, 11) is 2.00. The predicted molar refractivity (Wildman–Crippen MR) is 80.8 cm³/mol. The van der Waals surface area contributed by atoms with Crippen LogP contribution in [0.2, 0.25) is 0 Å². The first-order chi connectivity index (χ1) is 9.11. The number of nitrogens with two attached hydrogens (primary N) is 1. The highest BCUT2D eigenvalue weighted by atomic mass is 79.9. The summed E-state index contributed by atoms with van der Waals surface area (Å²) in [5.74, 6) is 6.94. The molecular formula is C13H16BrN5. The summed E-state index contributed by atoms with van der Waals surface area (Å²) >= 11 is 3.47. The average Bonchev–Trinajstić information content (AvgIpc) is 2.39. The molecule has 0 aliphatic heterocycles. The lowest BCUT2D eigenvalue weighted by atomic mass is 10.2. The van der Waals surface area contributed by atoms with E-state index in [2.05, 4.69) is 48.4 Å². The van der Waals surface area contributed by atoms with E-state index < -0.39 is 0 Å². The van der Waals surface area contributed by atoms with Gasteiger partial charge in [-0.25, -0.2) is 15.8 Å². The minimum Gasteiger partial charge on any atom is -0.355 e. The second-order valence-electron chi connectivity index (χ2n) is 4.30. The van der Waals surface area contributed by atoms with E-state index in [-0.39, 0.29) is 0 Å². The smallest absolute Gasteiger partial charge is 0.148 e. The molecule has 0 aliphatic carbocycles. The van der Waals surface area contributed by atoms with Crippen LogP contribution in [-0.2, 0) is 6.54 Å². The summed E-state index contributed by atoms with van der Waals surface area (Å²) in [4.78, 5) is 10.5. The molecular weight excluding hydrogens is 306 g/mol. The number of rotatable bonds is 4. The highest BCUT2D eigenvalue weighted by molar-refractivity contribution is 9.10. The number of aromatic nitrogens is 2. The van der Waals surface area contributed by atoms with E-state index in [1.54, 1.807) is 0 Å². The van der Waals surface area contributed by atoms with E-state index in [9.17, 15) is 0 Å². The van der Waals surface area contributed by atoms with Crippen molar-refractivity contribution < 1.29 is 0 Å². The van der Waals surface area contributed by atoms with Crippen molar-refractivity contribution in [3.05, 3.63) is 46.2 Å². The van der Waals surface area contributed by atoms with Crippen molar-refractivity contribution in [3.8, 4) is 0 Å². The summed E-state index contributed by atoms with van der Waals surface area (Å²) in [5.41, 5.74) is 4.72. The molecule has 6 heteroatoms. The van der Waals surface area contributed by atoms with E-state index >= 15 is 0 Å². The molecule has 19 heavy (non-hydrogen) atoms. The number of hydrogen-bond acceptors (Lipinski definition) is 5. The first kappa shape index (κ1) is 13.8. The second-order valence-corrected chi connectivity index (χ2v) is 5.22. The summed E-state index contributed by atoms with van der Waals surface area (Å²) in [6, 6.07) is 8.21. The largest absolute Gasteiger partial charge is 0.355 e. The van der Waals surface area contributed by atoms with Crippen molar-refractivity contribution in [2.45, 2.75) is 13.5 Å². The zero-order chi connectivity index (χ0) is 13.8. The van der Waals surface area contributed by atoms with Crippen LogP contribution < -0.4 is 16.2 Å². The van der Waals surface area contributed by atoms with Crippen molar-refractivity contribution in [2.24, 2.45) is 5.84 Å². The molecule has 0 radical (unpaired) electrons. The van der Waals surface area contributed by atoms with Gasteiger partial charge in [0.1, 0.15) is 18.0 Å². The minimum absolute atomic E-state index is 0.645. The van der Waals surface area contributed by atoms with Gasteiger partial charge in [0.25, 0.3) is 0 Å². The number of benzene rings is 1. The molecule has 5 nitrogen and oxygen atoms in total. The third-order valence-corrected chi connectivity index (χ3v) is 3.36. The van der Waals surface area contributed by atoms with Crippen molar-refractivity contribution in [1.29, 1.82) is 0 Å². The molecule has 0 unspecified atom stereocenters. The molecule has 0 fully saturated rings. The molecule has 0 amide bonds. The number of halogens is 1. The summed E-state index contributed by atoms with van der Waals surface area (Å²) in [6.07, 6.45) is 1.51. The van der Waals surface area contributed by atoms with E-state index in [1.807, 2.05) is 26.1 Å². The van der Waals surface area contributed by atoms with Crippen LogP contribution in [0.4, 0.5) is 11.6 Å². The minimum atomic E-state index is 0.645. The third-order valence-electron chi connectivity index (χ3n) is 2.86. The number of nitrogens with zero attached hydrogens (tertiary/aromatic N) is 3. The second kappa shape index (κ2) is 5.99. The van der Waals surface area contributed by atoms with Crippen LogP contribution in [0, 0.1) is 6.92 Å². The summed E-state index contributed by atoms with van der Waals surface area (Å²) in [6.45, 7) is 2.71. The first-order valence-electron chi connectivity index (χ1n) is 5.85. The molecule has 0 saturated carbocycles. The fourth-order valence-electron chi connectivity index (χ4n) is 1.96. The molecule has 2 aromatic rings. The Balaban J connectivity index is 2.23. The van der Waals surface area contributed by atoms with Gasteiger partial charge in [0.15, 0.2) is 0 Å². The van der Waals surface area contributed by atoms with Gasteiger partial charge in [0.2, 0.25) is 0 Å². The standard InChI is InChI=1S/C13H16BrN5/c1-9-12(18-15)16-8-17-13(9)19(2)7-10-4-3-5-11(14)6-10/h3-6,8H,7,15H2,1-2H3,(H,16,17,18). The van der Waals surface area contributed by atoms with Gasteiger partial charge < -0.3 is 10.3 Å². The number of hydrogen-bond donors (Lipinski definition) is 2. The molecule has 2 rings (SSSR count). The maximum atomic E-state index is 5.43. The molecule has 0 spiro atoms. The Kier molecular flexibility index (Phi) is 4.34. The van der Waals surface area contributed by atoms with Crippen molar-refractivity contribution in [2.75, 3.05) is 17.4 Å². The number of hydrazine groups is 1. The van der Waals surface area contributed by atoms with Gasteiger partial charge >= 0.3 is 0 Å². The molecule has 0 saturated heterocycles. The SMILES string of the molecule is Cc1c(NN)ncnc1N(C)Cc1cccc(Br)c1. The lowest BCUT2D eigenvalue weighted by Crippen LogP contribution is -2.20. The maximum Gasteiger partial charge on any atom is 0.148 e. The fourth-order valence-corrected chi connectivity index (χ4v) is 2.40. The average molecular weight is 322 g/mol. The van der Waals surface area contributed by atoms with Crippen LogP contribution in [0.1, 0.15) is 11.1 Å². The lowest BCUT2D eigenvalue weighted by molar-refractivity contribution is 0.881. The lowest BCUT2D eigenvalue weighted by Gasteiger charge is -2.21. The Morgan fingerprint density at radius 2 is 2.16 bits per heavy atom. The van der Waals surface area contributed by atoms with Crippen LogP contribution in [-0.4, -0.2) is 17.0 Å². The van der Waals surface area contributed by atoms with Gasteiger partial charge in [0.05, 0.1) is 0 Å². The van der Waals surface area contributed by atoms with Crippen molar-refractivity contribution >= 4 is 27.6 Å². The molecule has 1 aromatic carbocycles. The monoisotopic (exact) mass is 321 g/mol. The number of nitrogen functional groups attached to an aromatic ring is 1. The number of anilines is 2. The first-order valence-corrected chi connectivity index (χ1v) is 6.65. The highest BCUT2D eigenvalue weighted by Gasteiger charge is 2.10. The Bertz CT molecular complexity index is 573.